The van der Waals surface area contributed by atoms with Gasteiger partial charge in [0.25, 0.3) is 0 Å². The third-order valence-electron chi connectivity index (χ3n) is 20.3. The van der Waals surface area contributed by atoms with Crippen LogP contribution in [0.1, 0.15) is 58.2 Å². The van der Waals surface area contributed by atoms with Crippen LogP contribution in [0.5, 0.6) is 0 Å². The van der Waals surface area contributed by atoms with Crippen molar-refractivity contribution in [1.29, 1.82) is 0 Å². The van der Waals surface area contributed by atoms with E-state index in [9.17, 15) is 14.4 Å². The number of carbonyl (C=O) groups is 3. The molecule has 0 amide bonds. The molecule has 3 aromatic carbocycles. The SMILES string of the molecule is C[C@@H]1[C@H]2CN3C[C@](C)(C2=O)C2=Nc4ccccc4[C@@]21[C@H]3CCl.C[C@H]1[C@@H]2CN3C[C@@](C)(C2=O)C2=Nc4ccccc4[C@]21[C@@H]3CCl.C[C@H]1[C@@H]2CN3C[C@@](C)(C2=O)C2=Nc4ccccc4[C@]21[C@@H]3CCl. The second-order valence-electron chi connectivity index (χ2n) is 22.6. The van der Waals surface area contributed by atoms with Gasteiger partial charge < -0.3 is 0 Å². The number of fused-ring (bicyclic) bond motifs is 3. The number of hydrogen-bond acceptors (Lipinski definition) is 9. The van der Waals surface area contributed by atoms with Gasteiger partial charge in [-0.1, -0.05) is 75.4 Å². The number of para-hydroxylation sites is 3. The van der Waals surface area contributed by atoms with Crippen LogP contribution in [-0.4, -0.2) is 124 Å². The van der Waals surface area contributed by atoms with Crippen molar-refractivity contribution >= 4 is 86.3 Å². The molecule has 342 valence electrons. The highest BCUT2D eigenvalue weighted by Crippen LogP contribution is 2.67. The van der Waals surface area contributed by atoms with Crippen LogP contribution in [0.3, 0.4) is 0 Å². The Labute approximate surface area is 402 Å². The lowest BCUT2D eigenvalue weighted by Gasteiger charge is -2.67. The summed E-state index contributed by atoms with van der Waals surface area (Å²) >= 11 is 19.3. The number of halogens is 3. The normalized spacial score (nSPS) is 47.4. The Hall–Kier alpha value is -3.57. The van der Waals surface area contributed by atoms with E-state index in [1.807, 2.05) is 18.2 Å². The maximum atomic E-state index is 13.1. The molecule has 0 N–H and O–H groups in total. The van der Waals surface area contributed by atoms with Crippen molar-refractivity contribution in [2.75, 3.05) is 56.9 Å². The maximum Gasteiger partial charge on any atom is 0.150 e. The van der Waals surface area contributed by atoms with E-state index in [1.165, 1.54) is 16.7 Å². The van der Waals surface area contributed by atoms with Crippen molar-refractivity contribution in [3.63, 3.8) is 0 Å². The molecule has 12 aliphatic heterocycles. The Morgan fingerprint density at radius 1 is 0.470 bits per heavy atom. The number of alkyl halides is 3. The van der Waals surface area contributed by atoms with Gasteiger partial charge in [0, 0.05) is 110 Å². The maximum absolute atomic E-state index is 13.1. The molecule has 12 fully saturated rings. The van der Waals surface area contributed by atoms with Crippen LogP contribution in [0, 0.1) is 51.8 Å². The van der Waals surface area contributed by atoms with Gasteiger partial charge in [-0.05, 0) is 73.4 Å². The van der Waals surface area contributed by atoms with E-state index in [0.717, 1.165) is 73.5 Å². The van der Waals surface area contributed by atoms with E-state index in [-0.39, 0.29) is 69.9 Å². The van der Waals surface area contributed by atoms with Gasteiger partial charge in [-0.3, -0.25) is 44.1 Å². The third kappa shape index (κ3) is 4.47. The molecule has 18 rings (SSSR count). The fourth-order valence-electron chi connectivity index (χ4n) is 17.6. The average molecular weight is 944 g/mol. The number of nitrogens with zero attached hydrogens (tertiary/aromatic N) is 6. The summed E-state index contributed by atoms with van der Waals surface area (Å²) in [7, 11) is 0. The molecule has 3 aliphatic carbocycles. The van der Waals surface area contributed by atoms with Gasteiger partial charge in [0.1, 0.15) is 17.3 Å². The van der Waals surface area contributed by atoms with Crippen molar-refractivity contribution in [2.24, 2.45) is 66.7 Å². The largest absolute Gasteiger partial charge is 0.298 e. The second-order valence-corrected chi connectivity index (χ2v) is 23.5. The summed E-state index contributed by atoms with van der Waals surface area (Å²) in [5.74, 6) is 4.12. The Morgan fingerprint density at radius 3 is 0.985 bits per heavy atom. The van der Waals surface area contributed by atoms with E-state index in [4.69, 9.17) is 49.8 Å². The molecule has 66 heavy (non-hydrogen) atoms. The van der Waals surface area contributed by atoms with Crippen LogP contribution < -0.4 is 0 Å². The lowest BCUT2D eigenvalue weighted by molar-refractivity contribution is -0.151. The smallest absolute Gasteiger partial charge is 0.150 e. The number of ketones is 3. The molecule has 9 nitrogen and oxygen atoms in total. The summed E-state index contributed by atoms with van der Waals surface area (Å²) in [6, 6.07) is 26.0. The highest BCUT2D eigenvalue weighted by atomic mass is 35.5. The van der Waals surface area contributed by atoms with Crippen LogP contribution in [0.4, 0.5) is 17.1 Å². The molecule has 18 atom stereocenters. The zero-order valence-corrected chi connectivity index (χ0v) is 40.8. The number of rotatable bonds is 3. The van der Waals surface area contributed by atoms with E-state index in [0.29, 0.717) is 35.0 Å². The van der Waals surface area contributed by atoms with E-state index < -0.39 is 16.2 Å². The summed E-state index contributed by atoms with van der Waals surface area (Å²) in [5.41, 5.74) is 8.49. The van der Waals surface area contributed by atoms with Crippen LogP contribution >= 0.6 is 34.8 Å². The Balaban J connectivity index is 0.0000000988. The minimum atomic E-state index is -0.434. The molecule has 9 saturated heterocycles. The summed E-state index contributed by atoms with van der Waals surface area (Å²) in [6.07, 6.45) is 0. The Kier molecular flexibility index (Phi) is 8.76. The van der Waals surface area contributed by atoms with Gasteiger partial charge in [-0.25, -0.2) is 0 Å². The first-order chi connectivity index (χ1) is 31.6. The van der Waals surface area contributed by atoms with Crippen molar-refractivity contribution in [2.45, 2.75) is 75.9 Å². The molecule has 3 spiro atoms. The lowest BCUT2D eigenvalue weighted by Crippen LogP contribution is -2.80. The molecular formula is C54H57Cl3N6O3. The minimum Gasteiger partial charge on any atom is -0.298 e. The van der Waals surface area contributed by atoms with Gasteiger partial charge >= 0.3 is 0 Å². The van der Waals surface area contributed by atoms with Crippen LogP contribution in [0.2, 0.25) is 0 Å². The minimum absolute atomic E-state index is 0.114. The number of carbonyl (C=O) groups excluding carboxylic acids is 3. The number of Topliss-reactive ketones (excluding diaryl/α,β-unsaturated/α-hetero) is 3. The molecule has 0 aromatic heterocycles. The highest BCUT2D eigenvalue weighted by Gasteiger charge is 2.76. The van der Waals surface area contributed by atoms with Crippen LogP contribution in [0.15, 0.2) is 87.8 Å². The molecule has 12 bridgehead atoms. The molecule has 0 radical (unpaired) electrons. The van der Waals surface area contributed by atoms with Gasteiger partial charge in [0.05, 0.1) is 49.6 Å². The monoisotopic (exact) mass is 942 g/mol. The first-order valence-electron chi connectivity index (χ1n) is 24.3. The van der Waals surface area contributed by atoms with Gasteiger partial charge in [-0.15, -0.1) is 34.8 Å². The fourth-order valence-corrected chi connectivity index (χ4v) is 18.9. The van der Waals surface area contributed by atoms with E-state index in [2.05, 4.69) is 111 Å². The lowest BCUT2D eigenvalue weighted by atomic mass is 9.44. The van der Waals surface area contributed by atoms with Gasteiger partial charge in [0.15, 0.2) is 0 Å². The van der Waals surface area contributed by atoms with Crippen molar-refractivity contribution in [3.05, 3.63) is 89.5 Å². The standard InChI is InChI=1S/3C18H19ClN2O/c3*1-10-11-8-21-9-17(2,15(11)22)16-18(10,14(21)7-19)12-5-3-4-6-13(12)20-16/h3*3-6,10-11,14H,7-9H2,1-2H3/t3*10-,11-,14-,17-,18+/m100/s1. The van der Waals surface area contributed by atoms with Gasteiger partial charge in [-0.2, -0.15) is 0 Å². The zero-order chi connectivity index (χ0) is 45.8. The summed E-state index contributed by atoms with van der Waals surface area (Å²) in [5, 5.41) is 0. The van der Waals surface area contributed by atoms with Crippen molar-refractivity contribution in [1.82, 2.24) is 14.7 Å². The summed E-state index contributed by atoms with van der Waals surface area (Å²) < 4.78 is 0. The number of piperidine rings is 9. The molecule has 3 saturated carbocycles. The molecule has 15 aliphatic rings. The van der Waals surface area contributed by atoms with E-state index in [1.54, 1.807) is 0 Å². The fraction of sp³-hybridized carbons (Fsp3) is 0.556. The summed E-state index contributed by atoms with van der Waals surface area (Å²) in [6.45, 7) is 18.0. The van der Waals surface area contributed by atoms with Crippen molar-refractivity contribution < 1.29 is 14.4 Å². The van der Waals surface area contributed by atoms with Crippen molar-refractivity contribution in [3.8, 4) is 0 Å². The predicted octanol–water partition coefficient (Wildman–Crippen LogP) is 8.37. The first-order valence-corrected chi connectivity index (χ1v) is 25.9. The number of hydrogen-bond donors (Lipinski definition) is 0. The van der Waals surface area contributed by atoms with Gasteiger partial charge in [0.2, 0.25) is 0 Å². The zero-order valence-electron chi connectivity index (χ0n) is 38.5. The quantitative estimate of drug-likeness (QED) is 0.245. The molecule has 3 aromatic rings. The molecule has 12 heterocycles. The molecule has 3 unspecified atom stereocenters. The van der Waals surface area contributed by atoms with Crippen LogP contribution in [0.25, 0.3) is 0 Å². The highest BCUT2D eigenvalue weighted by molar-refractivity contribution is 6.26. The first kappa shape index (κ1) is 42.5. The predicted molar refractivity (Wildman–Crippen MR) is 261 cm³/mol. The topological polar surface area (TPSA) is 98.0 Å². The Morgan fingerprint density at radius 2 is 0.727 bits per heavy atom. The molecular weight excluding hydrogens is 887 g/mol. The second kappa shape index (κ2) is 13.6. The molecule has 12 heteroatoms. The number of benzene rings is 3. The number of aliphatic imine (C=N–C) groups is 3. The third-order valence-corrected chi connectivity index (χ3v) is 21.2. The Bertz CT molecular complexity index is 2530. The average Bonchev–Trinajstić information content (AvgIpc) is 3.98. The van der Waals surface area contributed by atoms with Crippen LogP contribution in [-0.2, 0) is 30.6 Å². The summed E-state index contributed by atoms with van der Waals surface area (Å²) in [4.78, 5) is 61.5. The van der Waals surface area contributed by atoms with E-state index >= 15 is 0 Å².